The zero-order chi connectivity index (χ0) is 19.3. The third kappa shape index (κ3) is 4.73. The highest BCUT2D eigenvalue weighted by molar-refractivity contribution is 6.10. The standard InChI is InChI=1S/C20H17F3N2O/c1-13(2)15-9-7-14(8-10-15)11-16(12-24)19(26)25-18-6-4-3-5-17(18)20(21,22)23/h3-11,13H,1-2H3,(H,25,26)/b16-11-. The van der Waals surface area contributed by atoms with Crippen molar-refractivity contribution in [3.8, 4) is 6.07 Å². The molecule has 0 fully saturated rings. The van der Waals surface area contributed by atoms with Crippen LogP contribution in [0, 0.1) is 11.3 Å². The van der Waals surface area contributed by atoms with Gasteiger partial charge in [-0.1, -0.05) is 50.2 Å². The van der Waals surface area contributed by atoms with Gasteiger partial charge in [0.05, 0.1) is 11.3 Å². The normalized spacial score (nSPS) is 12.0. The summed E-state index contributed by atoms with van der Waals surface area (Å²) >= 11 is 0. The zero-order valence-corrected chi connectivity index (χ0v) is 14.3. The number of carbonyl (C=O) groups is 1. The molecule has 0 atom stereocenters. The molecule has 0 aliphatic heterocycles. The number of rotatable bonds is 4. The lowest BCUT2D eigenvalue weighted by Gasteiger charge is -2.13. The topological polar surface area (TPSA) is 52.9 Å². The summed E-state index contributed by atoms with van der Waals surface area (Å²) in [6, 6.07) is 13.6. The number of anilines is 1. The minimum atomic E-state index is -4.60. The number of alkyl halides is 3. The van der Waals surface area contributed by atoms with E-state index in [0.29, 0.717) is 11.5 Å². The molecule has 0 aliphatic rings. The largest absolute Gasteiger partial charge is 0.418 e. The monoisotopic (exact) mass is 358 g/mol. The number of benzene rings is 2. The van der Waals surface area contributed by atoms with Crippen molar-refractivity contribution in [2.24, 2.45) is 0 Å². The third-order valence-electron chi connectivity index (χ3n) is 3.76. The average molecular weight is 358 g/mol. The number of nitriles is 1. The molecule has 0 heterocycles. The minimum Gasteiger partial charge on any atom is -0.321 e. The Morgan fingerprint density at radius 1 is 1.12 bits per heavy atom. The molecule has 0 spiro atoms. The Kier molecular flexibility index (Phi) is 5.83. The molecule has 134 valence electrons. The molecule has 0 saturated carbocycles. The van der Waals surface area contributed by atoms with Crippen LogP contribution in [0.4, 0.5) is 18.9 Å². The van der Waals surface area contributed by atoms with Gasteiger partial charge < -0.3 is 5.32 Å². The van der Waals surface area contributed by atoms with Gasteiger partial charge in [0.15, 0.2) is 0 Å². The number of amides is 1. The highest BCUT2D eigenvalue weighted by Crippen LogP contribution is 2.34. The van der Waals surface area contributed by atoms with Gasteiger partial charge in [0.25, 0.3) is 5.91 Å². The SMILES string of the molecule is CC(C)c1ccc(/C=C(/C#N)C(=O)Nc2ccccc2C(F)(F)F)cc1. The van der Waals surface area contributed by atoms with E-state index in [4.69, 9.17) is 0 Å². The third-order valence-corrected chi connectivity index (χ3v) is 3.76. The number of hydrogen-bond acceptors (Lipinski definition) is 2. The van der Waals surface area contributed by atoms with E-state index < -0.39 is 17.6 Å². The van der Waals surface area contributed by atoms with Gasteiger partial charge in [0, 0.05) is 0 Å². The molecule has 6 heteroatoms. The summed E-state index contributed by atoms with van der Waals surface area (Å²) in [5, 5.41) is 11.4. The van der Waals surface area contributed by atoms with Gasteiger partial charge in [-0.25, -0.2) is 0 Å². The Bertz CT molecular complexity index is 860. The minimum absolute atomic E-state index is 0.278. The number of carbonyl (C=O) groups excluding carboxylic acids is 1. The van der Waals surface area contributed by atoms with E-state index in [1.165, 1.54) is 18.2 Å². The van der Waals surface area contributed by atoms with Crippen LogP contribution in [0.25, 0.3) is 6.08 Å². The van der Waals surface area contributed by atoms with Crippen LogP contribution < -0.4 is 5.32 Å². The fourth-order valence-electron chi connectivity index (χ4n) is 2.32. The maximum atomic E-state index is 13.0. The lowest BCUT2D eigenvalue weighted by molar-refractivity contribution is -0.137. The van der Waals surface area contributed by atoms with Crippen molar-refractivity contribution in [1.82, 2.24) is 0 Å². The molecule has 3 nitrogen and oxygen atoms in total. The van der Waals surface area contributed by atoms with Crippen molar-refractivity contribution in [3.63, 3.8) is 0 Å². The molecule has 1 amide bonds. The fraction of sp³-hybridized carbons (Fsp3) is 0.200. The van der Waals surface area contributed by atoms with Crippen LogP contribution in [-0.4, -0.2) is 5.91 Å². The summed E-state index contributed by atoms with van der Waals surface area (Å²) < 4.78 is 39.0. The van der Waals surface area contributed by atoms with Crippen molar-refractivity contribution >= 4 is 17.7 Å². The van der Waals surface area contributed by atoms with E-state index in [9.17, 15) is 23.2 Å². The summed E-state index contributed by atoms with van der Waals surface area (Å²) in [5.74, 6) is -0.553. The maximum absolute atomic E-state index is 13.0. The van der Waals surface area contributed by atoms with E-state index in [1.807, 2.05) is 26.0 Å². The molecule has 1 N–H and O–H groups in total. The first-order valence-electron chi connectivity index (χ1n) is 7.91. The van der Waals surface area contributed by atoms with Crippen LogP contribution in [0.15, 0.2) is 54.1 Å². The first-order valence-corrected chi connectivity index (χ1v) is 7.91. The summed E-state index contributed by atoms with van der Waals surface area (Å²) in [5.41, 5.74) is 0.0851. The van der Waals surface area contributed by atoms with Gasteiger partial charge in [0.2, 0.25) is 0 Å². The van der Waals surface area contributed by atoms with Gasteiger partial charge >= 0.3 is 6.18 Å². The van der Waals surface area contributed by atoms with Crippen molar-refractivity contribution in [3.05, 3.63) is 70.8 Å². The lowest BCUT2D eigenvalue weighted by Crippen LogP contribution is -2.17. The lowest BCUT2D eigenvalue weighted by atomic mass is 10.0. The molecule has 0 aliphatic carbocycles. The van der Waals surface area contributed by atoms with Gasteiger partial charge in [0.1, 0.15) is 11.6 Å². The predicted octanol–water partition coefficient (Wildman–Crippen LogP) is 5.37. The van der Waals surface area contributed by atoms with E-state index >= 15 is 0 Å². The number of nitrogens with zero attached hydrogens (tertiary/aromatic N) is 1. The quantitative estimate of drug-likeness (QED) is 0.590. The maximum Gasteiger partial charge on any atom is 0.418 e. The molecule has 2 aromatic rings. The molecule has 0 radical (unpaired) electrons. The molecule has 0 bridgehead atoms. The molecule has 0 aromatic heterocycles. The molecular weight excluding hydrogens is 341 g/mol. The van der Waals surface area contributed by atoms with E-state index in [2.05, 4.69) is 5.32 Å². The molecule has 2 aromatic carbocycles. The van der Waals surface area contributed by atoms with Crippen molar-refractivity contribution in [2.45, 2.75) is 25.9 Å². The Morgan fingerprint density at radius 3 is 2.27 bits per heavy atom. The van der Waals surface area contributed by atoms with Crippen molar-refractivity contribution in [1.29, 1.82) is 5.26 Å². The first kappa shape index (κ1) is 19.3. The number of para-hydroxylation sites is 1. The number of nitrogens with one attached hydrogen (secondary N) is 1. The summed E-state index contributed by atoms with van der Waals surface area (Å²) in [6.45, 7) is 4.08. The molecule has 26 heavy (non-hydrogen) atoms. The first-order chi connectivity index (χ1) is 12.2. The van der Waals surface area contributed by atoms with Gasteiger partial charge in [-0.15, -0.1) is 0 Å². The smallest absolute Gasteiger partial charge is 0.321 e. The van der Waals surface area contributed by atoms with Gasteiger partial charge in [-0.05, 0) is 35.3 Å². The fourth-order valence-corrected chi connectivity index (χ4v) is 2.32. The Labute approximate surface area is 149 Å². The number of halogens is 3. The van der Waals surface area contributed by atoms with Crippen LogP contribution in [0.1, 0.15) is 36.5 Å². The van der Waals surface area contributed by atoms with E-state index in [0.717, 1.165) is 17.7 Å². The second-order valence-electron chi connectivity index (χ2n) is 5.99. The Morgan fingerprint density at radius 2 is 1.73 bits per heavy atom. The van der Waals surface area contributed by atoms with Crippen LogP contribution in [-0.2, 0) is 11.0 Å². The summed E-state index contributed by atoms with van der Waals surface area (Å²) in [4.78, 5) is 12.2. The average Bonchev–Trinajstić information content (AvgIpc) is 2.59. The number of hydrogen-bond donors (Lipinski definition) is 1. The molecule has 0 saturated heterocycles. The van der Waals surface area contributed by atoms with Crippen molar-refractivity contribution in [2.75, 3.05) is 5.32 Å². The molecular formula is C20H17F3N2O. The summed E-state index contributed by atoms with van der Waals surface area (Å²) in [7, 11) is 0. The van der Waals surface area contributed by atoms with Crippen LogP contribution >= 0.6 is 0 Å². The van der Waals surface area contributed by atoms with Crippen LogP contribution in [0.2, 0.25) is 0 Å². The van der Waals surface area contributed by atoms with Crippen LogP contribution in [0.3, 0.4) is 0 Å². The highest BCUT2D eigenvalue weighted by atomic mass is 19.4. The second-order valence-corrected chi connectivity index (χ2v) is 5.99. The van der Waals surface area contributed by atoms with E-state index in [-0.39, 0.29) is 11.3 Å². The second kappa shape index (κ2) is 7.87. The zero-order valence-electron chi connectivity index (χ0n) is 14.3. The van der Waals surface area contributed by atoms with Crippen molar-refractivity contribution < 1.29 is 18.0 Å². The Hall–Kier alpha value is -3.07. The predicted molar refractivity (Wildman–Crippen MR) is 94.2 cm³/mol. The Balaban J connectivity index is 2.26. The van der Waals surface area contributed by atoms with Crippen LogP contribution in [0.5, 0.6) is 0 Å². The van der Waals surface area contributed by atoms with Gasteiger partial charge in [-0.2, -0.15) is 18.4 Å². The van der Waals surface area contributed by atoms with Gasteiger partial charge in [-0.3, -0.25) is 4.79 Å². The van der Waals surface area contributed by atoms with E-state index in [1.54, 1.807) is 18.2 Å². The molecule has 0 unspecified atom stereocenters. The summed E-state index contributed by atoms with van der Waals surface area (Å²) in [6.07, 6.45) is -3.26. The molecule has 2 rings (SSSR count). The highest BCUT2D eigenvalue weighted by Gasteiger charge is 2.33.